The smallest absolute Gasteiger partial charge is 0.243 e. The Morgan fingerprint density at radius 2 is 1.84 bits per heavy atom. The Hall–Kier alpha value is -1.60. The summed E-state index contributed by atoms with van der Waals surface area (Å²) in [6.45, 7) is 7.27. The van der Waals surface area contributed by atoms with E-state index in [-0.39, 0.29) is 0 Å². The van der Waals surface area contributed by atoms with Crippen LogP contribution in [0.2, 0.25) is 0 Å². The minimum atomic E-state index is -3.45. The highest BCUT2D eigenvalue weighted by molar-refractivity contribution is 7.89. The van der Waals surface area contributed by atoms with Crippen molar-refractivity contribution in [2.45, 2.75) is 51.0 Å². The van der Waals surface area contributed by atoms with Gasteiger partial charge in [0.2, 0.25) is 10.0 Å². The normalized spacial score (nSPS) is 16.6. The molecular formula is C18H30N4O2S. The molecule has 1 aliphatic heterocycles. The van der Waals surface area contributed by atoms with Gasteiger partial charge in [-0.2, -0.15) is 4.31 Å². The minimum absolute atomic E-state index is 0.336. The lowest BCUT2D eigenvalue weighted by Crippen LogP contribution is -2.37. The summed E-state index contributed by atoms with van der Waals surface area (Å²) >= 11 is 0. The maximum atomic E-state index is 13.0. The van der Waals surface area contributed by atoms with Gasteiger partial charge in [0.05, 0.1) is 11.4 Å². The second kappa shape index (κ2) is 9.77. The van der Waals surface area contributed by atoms with E-state index in [0.717, 1.165) is 50.3 Å². The standard InChI is InChI=1S/C18H30N4O2S/c1-3-12-20-18(19-4-2)21-15-16-10-6-7-11-17(16)25(23,24)22-13-8-5-9-14-22/h6-7,10-11H,3-5,8-9,12-15H2,1-2H3,(H2,19,20,21). The molecule has 0 saturated carbocycles. The zero-order valence-corrected chi connectivity index (χ0v) is 16.1. The van der Waals surface area contributed by atoms with E-state index in [9.17, 15) is 8.42 Å². The van der Waals surface area contributed by atoms with Crippen LogP contribution in [0.15, 0.2) is 34.2 Å². The summed E-state index contributed by atoms with van der Waals surface area (Å²) in [6.07, 6.45) is 3.98. The van der Waals surface area contributed by atoms with Gasteiger partial charge < -0.3 is 10.6 Å². The first-order valence-corrected chi connectivity index (χ1v) is 10.6. The first-order chi connectivity index (χ1) is 12.1. The molecule has 6 nitrogen and oxygen atoms in total. The van der Waals surface area contributed by atoms with E-state index in [1.165, 1.54) is 0 Å². The van der Waals surface area contributed by atoms with Gasteiger partial charge in [0.25, 0.3) is 0 Å². The molecule has 0 bridgehead atoms. The molecule has 0 radical (unpaired) electrons. The second-order valence-electron chi connectivity index (χ2n) is 6.19. The maximum absolute atomic E-state index is 13.0. The van der Waals surface area contributed by atoms with E-state index >= 15 is 0 Å². The van der Waals surface area contributed by atoms with Crippen LogP contribution in [0.1, 0.15) is 45.1 Å². The highest BCUT2D eigenvalue weighted by Gasteiger charge is 2.27. The van der Waals surface area contributed by atoms with Crippen molar-refractivity contribution in [2.75, 3.05) is 26.2 Å². The van der Waals surface area contributed by atoms with Crippen molar-refractivity contribution in [1.29, 1.82) is 0 Å². The van der Waals surface area contributed by atoms with Crippen molar-refractivity contribution in [3.8, 4) is 0 Å². The number of aliphatic imine (C=N–C) groups is 1. The molecule has 1 heterocycles. The van der Waals surface area contributed by atoms with Crippen LogP contribution in [-0.2, 0) is 16.6 Å². The summed E-state index contributed by atoms with van der Waals surface area (Å²) in [5.41, 5.74) is 0.738. The fraction of sp³-hybridized carbons (Fsp3) is 0.611. The third-order valence-electron chi connectivity index (χ3n) is 4.20. The van der Waals surface area contributed by atoms with E-state index in [0.29, 0.717) is 24.5 Å². The van der Waals surface area contributed by atoms with Crippen molar-refractivity contribution in [2.24, 2.45) is 4.99 Å². The van der Waals surface area contributed by atoms with E-state index in [1.54, 1.807) is 16.4 Å². The predicted octanol–water partition coefficient (Wildman–Crippen LogP) is 2.33. The molecule has 0 unspecified atom stereocenters. The zero-order valence-electron chi connectivity index (χ0n) is 15.3. The number of nitrogens with zero attached hydrogens (tertiary/aromatic N) is 2. The summed E-state index contributed by atoms with van der Waals surface area (Å²) in [4.78, 5) is 4.93. The molecule has 7 heteroatoms. The van der Waals surface area contributed by atoms with Crippen LogP contribution in [0.5, 0.6) is 0 Å². The van der Waals surface area contributed by atoms with Crippen LogP contribution in [0.25, 0.3) is 0 Å². The molecular weight excluding hydrogens is 336 g/mol. The van der Waals surface area contributed by atoms with Gasteiger partial charge in [0, 0.05) is 26.2 Å². The highest BCUT2D eigenvalue weighted by atomic mass is 32.2. The monoisotopic (exact) mass is 366 g/mol. The Bertz CT molecular complexity index is 667. The molecule has 0 atom stereocenters. The number of hydrogen-bond acceptors (Lipinski definition) is 3. The van der Waals surface area contributed by atoms with Gasteiger partial charge in [-0.1, -0.05) is 31.5 Å². The summed E-state index contributed by atoms with van der Waals surface area (Å²) in [6, 6.07) is 7.20. The highest BCUT2D eigenvalue weighted by Crippen LogP contribution is 2.24. The third kappa shape index (κ3) is 5.44. The van der Waals surface area contributed by atoms with Crippen molar-refractivity contribution in [1.82, 2.24) is 14.9 Å². The lowest BCUT2D eigenvalue weighted by Gasteiger charge is -2.26. The maximum Gasteiger partial charge on any atom is 0.243 e. The van der Waals surface area contributed by atoms with Crippen LogP contribution in [0.3, 0.4) is 0 Å². The first kappa shape index (κ1) is 19.7. The molecule has 1 saturated heterocycles. The van der Waals surface area contributed by atoms with Crippen LogP contribution in [0.4, 0.5) is 0 Å². The molecule has 140 valence electrons. The van der Waals surface area contributed by atoms with Gasteiger partial charge >= 0.3 is 0 Å². The Morgan fingerprint density at radius 1 is 1.12 bits per heavy atom. The number of nitrogens with one attached hydrogen (secondary N) is 2. The van der Waals surface area contributed by atoms with Gasteiger partial charge in [0.15, 0.2) is 5.96 Å². The molecule has 1 fully saturated rings. The number of rotatable bonds is 7. The average Bonchev–Trinajstić information content (AvgIpc) is 2.65. The first-order valence-electron chi connectivity index (χ1n) is 9.19. The van der Waals surface area contributed by atoms with Crippen LogP contribution in [0, 0.1) is 0 Å². The quantitative estimate of drug-likeness (QED) is 0.574. The SMILES string of the molecule is CCCNC(=NCc1ccccc1S(=O)(=O)N1CCCCC1)NCC. The fourth-order valence-corrected chi connectivity index (χ4v) is 4.61. The molecule has 0 amide bonds. The van der Waals surface area contributed by atoms with Gasteiger partial charge in [0.1, 0.15) is 0 Å². The van der Waals surface area contributed by atoms with Crippen molar-refractivity contribution in [3.05, 3.63) is 29.8 Å². The van der Waals surface area contributed by atoms with Gasteiger partial charge in [-0.05, 0) is 37.8 Å². The van der Waals surface area contributed by atoms with E-state index < -0.39 is 10.0 Å². The molecule has 1 aliphatic rings. The largest absolute Gasteiger partial charge is 0.357 e. The molecule has 2 N–H and O–H groups in total. The number of benzene rings is 1. The van der Waals surface area contributed by atoms with Crippen molar-refractivity contribution >= 4 is 16.0 Å². The van der Waals surface area contributed by atoms with Crippen molar-refractivity contribution in [3.63, 3.8) is 0 Å². The average molecular weight is 367 g/mol. The predicted molar refractivity (Wildman–Crippen MR) is 102 cm³/mol. The molecule has 0 aromatic heterocycles. The summed E-state index contributed by atoms with van der Waals surface area (Å²) < 4.78 is 27.6. The van der Waals surface area contributed by atoms with Gasteiger partial charge in [-0.3, -0.25) is 0 Å². The van der Waals surface area contributed by atoms with E-state index in [4.69, 9.17) is 0 Å². The van der Waals surface area contributed by atoms with Crippen LogP contribution >= 0.6 is 0 Å². The van der Waals surface area contributed by atoms with Crippen LogP contribution in [-0.4, -0.2) is 44.9 Å². The summed E-state index contributed by atoms with van der Waals surface area (Å²) in [5.74, 6) is 0.717. The lowest BCUT2D eigenvalue weighted by molar-refractivity contribution is 0.346. The number of hydrogen-bond donors (Lipinski definition) is 2. The Balaban J connectivity index is 2.22. The molecule has 25 heavy (non-hydrogen) atoms. The number of guanidine groups is 1. The van der Waals surface area contributed by atoms with Gasteiger partial charge in [-0.25, -0.2) is 13.4 Å². The number of piperidine rings is 1. The second-order valence-corrected chi connectivity index (χ2v) is 8.10. The fourth-order valence-electron chi connectivity index (χ4n) is 2.88. The van der Waals surface area contributed by atoms with Crippen molar-refractivity contribution < 1.29 is 8.42 Å². The molecule has 0 spiro atoms. The molecule has 1 aromatic rings. The summed E-state index contributed by atoms with van der Waals surface area (Å²) in [7, 11) is -3.45. The van der Waals surface area contributed by atoms with Gasteiger partial charge in [-0.15, -0.1) is 0 Å². The topological polar surface area (TPSA) is 73.8 Å². The number of sulfonamides is 1. The molecule has 1 aromatic carbocycles. The summed E-state index contributed by atoms with van der Waals surface area (Å²) in [5, 5.41) is 6.43. The minimum Gasteiger partial charge on any atom is -0.357 e. The third-order valence-corrected chi connectivity index (χ3v) is 6.20. The molecule has 0 aliphatic carbocycles. The van der Waals surface area contributed by atoms with E-state index in [2.05, 4.69) is 22.5 Å². The van der Waals surface area contributed by atoms with Crippen LogP contribution < -0.4 is 10.6 Å². The Morgan fingerprint density at radius 3 is 2.52 bits per heavy atom. The zero-order chi connectivity index (χ0) is 18.1. The lowest BCUT2D eigenvalue weighted by atomic mass is 10.2. The molecule has 2 rings (SSSR count). The van der Waals surface area contributed by atoms with E-state index in [1.807, 2.05) is 19.1 Å². The Labute approximate surface area is 151 Å². The Kier molecular flexibility index (Phi) is 7.71.